The molecule has 0 aliphatic heterocycles. The van der Waals surface area contributed by atoms with Crippen LogP contribution in [-0.2, 0) is 0 Å². The monoisotopic (exact) mass is 302 g/mol. The second-order valence-electron chi connectivity index (χ2n) is 4.05. The molecule has 0 aliphatic carbocycles. The Morgan fingerprint density at radius 2 is 2.00 bits per heavy atom. The summed E-state index contributed by atoms with van der Waals surface area (Å²) in [6.45, 7) is 5.05. The van der Waals surface area contributed by atoms with Crippen molar-refractivity contribution in [3.8, 4) is 0 Å². The van der Waals surface area contributed by atoms with Gasteiger partial charge in [-0.25, -0.2) is 9.97 Å². The van der Waals surface area contributed by atoms with Crippen LogP contribution in [0.15, 0.2) is 11.2 Å². The average Bonchev–Trinajstić information content (AvgIpc) is 2.40. The van der Waals surface area contributed by atoms with Crippen molar-refractivity contribution in [1.29, 1.82) is 0 Å². The summed E-state index contributed by atoms with van der Waals surface area (Å²) in [6, 6.07) is 2.04. The zero-order chi connectivity index (χ0) is 14.3. The zero-order valence-corrected chi connectivity index (χ0v) is 13.4. The molecular weight excluding hydrogens is 280 g/mol. The van der Waals surface area contributed by atoms with E-state index in [4.69, 9.17) is 0 Å². The Balaban J connectivity index is 2.84. The predicted molar refractivity (Wildman–Crippen MR) is 85.5 cm³/mol. The second-order valence-corrected chi connectivity index (χ2v) is 5.90. The van der Waals surface area contributed by atoms with Crippen molar-refractivity contribution < 1.29 is 5.11 Å². The number of aliphatic hydroxyl groups is 1. The molecule has 1 aromatic rings. The van der Waals surface area contributed by atoms with E-state index in [1.807, 2.05) is 32.4 Å². The molecule has 7 heteroatoms. The lowest BCUT2D eigenvalue weighted by Crippen LogP contribution is -2.31. The highest BCUT2D eigenvalue weighted by atomic mass is 32.2. The summed E-state index contributed by atoms with van der Waals surface area (Å²) in [5, 5.41) is 16.7. The number of anilines is 2. The second kappa shape index (κ2) is 8.50. The number of thioether (sulfide) groups is 2. The van der Waals surface area contributed by atoms with Gasteiger partial charge in [-0.05, 0) is 26.4 Å². The normalized spacial score (nSPS) is 13.9. The van der Waals surface area contributed by atoms with Crippen LogP contribution in [0, 0.1) is 0 Å². The van der Waals surface area contributed by atoms with E-state index < -0.39 is 0 Å². The Kier molecular flexibility index (Phi) is 7.33. The number of aliphatic hydroxyl groups excluding tert-OH is 1. The molecule has 1 rings (SSSR count). The van der Waals surface area contributed by atoms with Crippen LogP contribution in [0.1, 0.15) is 13.8 Å². The highest BCUT2D eigenvalue weighted by Crippen LogP contribution is 2.20. The Morgan fingerprint density at radius 1 is 1.32 bits per heavy atom. The van der Waals surface area contributed by atoms with Gasteiger partial charge in [0.15, 0.2) is 5.16 Å². The largest absolute Gasteiger partial charge is 0.395 e. The molecule has 0 spiro atoms. The predicted octanol–water partition coefficient (Wildman–Crippen LogP) is 2.15. The van der Waals surface area contributed by atoms with E-state index >= 15 is 0 Å². The van der Waals surface area contributed by atoms with E-state index in [0.717, 1.165) is 23.3 Å². The van der Waals surface area contributed by atoms with Crippen LogP contribution in [0.2, 0.25) is 0 Å². The summed E-state index contributed by atoms with van der Waals surface area (Å²) in [6.07, 6.45) is 3.95. The van der Waals surface area contributed by atoms with Crippen molar-refractivity contribution in [2.45, 2.75) is 30.3 Å². The van der Waals surface area contributed by atoms with Gasteiger partial charge >= 0.3 is 0 Å². The molecule has 0 aromatic carbocycles. The van der Waals surface area contributed by atoms with E-state index in [1.165, 1.54) is 11.8 Å². The van der Waals surface area contributed by atoms with E-state index in [1.54, 1.807) is 11.8 Å². The van der Waals surface area contributed by atoms with Gasteiger partial charge in [-0.15, -0.1) is 0 Å². The molecule has 0 amide bonds. The lowest BCUT2D eigenvalue weighted by Gasteiger charge is -2.22. The van der Waals surface area contributed by atoms with Crippen LogP contribution >= 0.6 is 23.5 Å². The van der Waals surface area contributed by atoms with Gasteiger partial charge in [0.1, 0.15) is 11.6 Å². The summed E-state index contributed by atoms with van der Waals surface area (Å²) in [5.74, 6) is 1.61. The van der Waals surface area contributed by atoms with Gasteiger partial charge in [-0.1, -0.05) is 11.8 Å². The number of aromatic nitrogens is 2. The Bertz CT molecular complexity index is 388. The number of hydrogen-bond donors (Lipinski definition) is 3. The van der Waals surface area contributed by atoms with E-state index in [0.29, 0.717) is 0 Å². The first-order chi connectivity index (χ1) is 9.14. The third kappa shape index (κ3) is 5.08. The molecule has 0 saturated carbocycles. The van der Waals surface area contributed by atoms with Gasteiger partial charge in [-0.2, -0.15) is 11.8 Å². The minimum atomic E-state index is 0.138. The molecule has 3 N–H and O–H groups in total. The Morgan fingerprint density at radius 3 is 2.53 bits per heavy atom. The topological polar surface area (TPSA) is 70.1 Å². The molecule has 0 aliphatic rings. The molecular formula is C12H22N4OS2. The summed E-state index contributed by atoms with van der Waals surface area (Å²) in [5.41, 5.74) is 0. The Labute approximate surface area is 123 Å². The van der Waals surface area contributed by atoms with Crippen molar-refractivity contribution in [3.63, 3.8) is 0 Å². The van der Waals surface area contributed by atoms with E-state index in [9.17, 15) is 5.11 Å². The molecule has 2 unspecified atom stereocenters. The van der Waals surface area contributed by atoms with Gasteiger partial charge in [0.2, 0.25) is 0 Å². The van der Waals surface area contributed by atoms with Crippen LogP contribution in [0.5, 0.6) is 0 Å². The van der Waals surface area contributed by atoms with E-state index in [2.05, 4.69) is 20.6 Å². The van der Waals surface area contributed by atoms with Crippen LogP contribution in [0.3, 0.4) is 0 Å². The Hall–Kier alpha value is -0.660. The maximum Gasteiger partial charge on any atom is 0.191 e. The van der Waals surface area contributed by atoms with Crippen molar-refractivity contribution in [2.75, 3.05) is 36.3 Å². The molecule has 5 nitrogen and oxygen atoms in total. The van der Waals surface area contributed by atoms with Crippen LogP contribution in [0.25, 0.3) is 0 Å². The highest BCUT2D eigenvalue weighted by molar-refractivity contribution is 7.99. The molecule has 2 atom stereocenters. The summed E-state index contributed by atoms with van der Waals surface area (Å²) in [7, 11) is 0. The van der Waals surface area contributed by atoms with Crippen molar-refractivity contribution >= 4 is 35.2 Å². The maximum atomic E-state index is 9.30. The fourth-order valence-corrected chi connectivity index (χ4v) is 2.63. The number of hydrogen-bond acceptors (Lipinski definition) is 7. The smallest absolute Gasteiger partial charge is 0.191 e. The number of nitrogens with one attached hydrogen (secondary N) is 2. The van der Waals surface area contributed by atoms with Gasteiger partial charge < -0.3 is 15.7 Å². The highest BCUT2D eigenvalue weighted by Gasteiger charge is 2.16. The minimum absolute atomic E-state index is 0.138. The van der Waals surface area contributed by atoms with Crippen molar-refractivity contribution in [3.05, 3.63) is 6.07 Å². The molecule has 0 radical (unpaired) electrons. The van der Waals surface area contributed by atoms with Crippen LogP contribution in [-0.4, -0.2) is 52.0 Å². The van der Waals surface area contributed by atoms with Crippen LogP contribution in [0.4, 0.5) is 11.6 Å². The van der Waals surface area contributed by atoms with Crippen molar-refractivity contribution in [2.24, 2.45) is 0 Å². The first-order valence-electron chi connectivity index (χ1n) is 6.21. The molecule has 19 heavy (non-hydrogen) atoms. The number of nitrogens with zero attached hydrogens (tertiary/aromatic N) is 2. The lowest BCUT2D eigenvalue weighted by molar-refractivity contribution is 0.288. The van der Waals surface area contributed by atoms with Gasteiger partial charge in [-0.3, -0.25) is 0 Å². The first-order valence-corrected chi connectivity index (χ1v) is 8.73. The lowest BCUT2D eigenvalue weighted by atomic mass is 10.2. The fourth-order valence-electron chi connectivity index (χ4n) is 1.63. The maximum absolute atomic E-state index is 9.30. The molecule has 0 saturated heterocycles. The van der Waals surface area contributed by atoms with Gasteiger partial charge in [0, 0.05) is 23.9 Å². The van der Waals surface area contributed by atoms with Crippen molar-refractivity contribution in [1.82, 2.24) is 9.97 Å². The molecule has 1 aromatic heterocycles. The SMILES string of the molecule is CCNc1cc(NC(C)C(CO)SC)nc(SC)n1. The van der Waals surface area contributed by atoms with Gasteiger partial charge in [0.25, 0.3) is 0 Å². The fraction of sp³-hybridized carbons (Fsp3) is 0.667. The minimum Gasteiger partial charge on any atom is -0.395 e. The number of rotatable bonds is 8. The third-order valence-corrected chi connectivity index (χ3v) is 4.37. The van der Waals surface area contributed by atoms with E-state index in [-0.39, 0.29) is 17.9 Å². The van der Waals surface area contributed by atoms with Crippen LogP contribution < -0.4 is 10.6 Å². The third-order valence-electron chi connectivity index (χ3n) is 2.66. The summed E-state index contributed by atoms with van der Waals surface area (Å²) in [4.78, 5) is 8.82. The molecule has 0 bridgehead atoms. The zero-order valence-electron chi connectivity index (χ0n) is 11.8. The average molecular weight is 302 g/mol. The summed E-state index contributed by atoms with van der Waals surface area (Å²) < 4.78 is 0. The van der Waals surface area contributed by atoms with Gasteiger partial charge in [0.05, 0.1) is 6.61 Å². The summed E-state index contributed by atoms with van der Waals surface area (Å²) >= 11 is 3.16. The standard InChI is InChI=1S/C12H22N4OS2/c1-5-13-10-6-11(16-12(15-10)19-4)14-8(2)9(7-17)18-3/h6,8-9,17H,5,7H2,1-4H3,(H2,13,14,15,16). The quantitative estimate of drug-likeness (QED) is 0.502. The molecule has 0 fully saturated rings. The molecule has 1 heterocycles. The first kappa shape index (κ1) is 16.4. The molecule has 108 valence electrons.